The molecule has 1 aromatic carbocycles. The lowest BCUT2D eigenvalue weighted by Crippen LogP contribution is -1.98. The lowest BCUT2D eigenvalue weighted by Gasteiger charge is -2.05. The molecule has 0 atom stereocenters. The van der Waals surface area contributed by atoms with Crippen LogP contribution < -0.4 is 5.32 Å². The van der Waals surface area contributed by atoms with Crippen LogP contribution >= 0.6 is 27.3 Å². The third-order valence-corrected chi connectivity index (χ3v) is 4.01. The number of hydrogen-bond donors (Lipinski definition) is 1. The molecule has 0 aliphatic rings. The quantitative estimate of drug-likeness (QED) is 0.852. The molecule has 1 aromatic heterocycles. The number of carbonyl (C=O) groups excluding carboxylic acids is 1. The summed E-state index contributed by atoms with van der Waals surface area (Å²) in [7, 11) is 0. The van der Waals surface area contributed by atoms with Crippen LogP contribution in [0.3, 0.4) is 0 Å². The summed E-state index contributed by atoms with van der Waals surface area (Å²) in [5.74, 6) is 0.0961. The molecule has 0 fully saturated rings. The first-order valence-electron chi connectivity index (χ1n) is 5.24. The standard InChI is InChI=1S/C13H12BrNOS/c1-9(16)10-2-4-11(5-3-10)15-8-12-6-7-13(14)17-12/h2-7,15H,8H2,1H3. The first kappa shape index (κ1) is 12.3. The number of Topliss-reactive ketones (excluding diaryl/α,β-unsaturated/α-hetero) is 1. The second-order valence-electron chi connectivity index (χ2n) is 3.69. The molecule has 2 aromatic rings. The van der Waals surface area contributed by atoms with Crippen LogP contribution in [0.5, 0.6) is 0 Å². The molecule has 0 saturated carbocycles. The Morgan fingerprint density at radius 3 is 2.47 bits per heavy atom. The maximum absolute atomic E-state index is 11.1. The zero-order chi connectivity index (χ0) is 12.3. The van der Waals surface area contributed by atoms with Crippen molar-refractivity contribution in [1.82, 2.24) is 0 Å². The first-order valence-corrected chi connectivity index (χ1v) is 6.85. The molecule has 0 aliphatic heterocycles. The van der Waals surface area contributed by atoms with Crippen LogP contribution in [0.2, 0.25) is 0 Å². The number of hydrogen-bond acceptors (Lipinski definition) is 3. The highest BCUT2D eigenvalue weighted by atomic mass is 79.9. The van der Waals surface area contributed by atoms with Crippen LogP contribution in [0.1, 0.15) is 22.2 Å². The molecular weight excluding hydrogens is 298 g/mol. The van der Waals surface area contributed by atoms with Gasteiger partial charge in [0.1, 0.15) is 0 Å². The molecule has 0 radical (unpaired) electrons. The number of benzene rings is 1. The van der Waals surface area contributed by atoms with Crippen molar-refractivity contribution in [2.24, 2.45) is 0 Å². The molecule has 0 spiro atoms. The first-order chi connectivity index (χ1) is 8.15. The number of anilines is 1. The largest absolute Gasteiger partial charge is 0.380 e. The predicted octanol–water partition coefficient (Wildman–Crippen LogP) is 4.33. The Hall–Kier alpha value is -1.13. The Bertz CT molecular complexity index is 518. The smallest absolute Gasteiger partial charge is 0.159 e. The van der Waals surface area contributed by atoms with Gasteiger partial charge in [-0.15, -0.1) is 11.3 Å². The van der Waals surface area contributed by atoms with Gasteiger partial charge in [-0.2, -0.15) is 0 Å². The van der Waals surface area contributed by atoms with Crippen molar-refractivity contribution in [3.8, 4) is 0 Å². The number of thiophene rings is 1. The third-order valence-electron chi connectivity index (χ3n) is 2.39. The Balaban J connectivity index is 1.97. The Morgan fingerprint density at radius 2 is 1.94 bits per heavy atom. The summed E-state index contributed by atoms with van der Waals surface area (Å²) in [4.78, 5) is 12.4. The molecule has 0 bridgehead atoms. The highest BCUT2D eigenvalue weighted by Gasteiger charge is 2.00. The van der Waals surface area contributed by atoms with Crippen LogP contribution in [0.25, 0.3) is 0 Å². The minimum absolute atomic E-state index is 0.0961. The van der Waals surface area contributed by atoms with Gasteiger partial charge in [0.2, 0.25) is 0 Å². The summed E-state index contributed by atoms with van der Waals surface area (Å²) in [5.41, 5.74) is 1.77. The SMILES string of the molecule is CC(=O)c1ccc(NCc2ccc(Br)s2)cc1. The van der Waals surface area contributed by atoms with Crippen LogP contribution in [0.15, 0.2) is 40.2 Å². The summed E-state index contributed by atoms with van der Waals surface area (Å²) < 4.78 is 1.14. The molecule has 0 unspecified atom stereocenters. The van der Waals surface area contributed by atoms with Crippen molar-refractivity contribution in [3.63, 3.8) is 0 Å². The molecule has 88 valence electrons. The summed E-state index contributed by atoms with van der Waals surface area (Å²) in [5, 5.41) is 3.32. The molecule has 17 heavy (non-hydrogen) atoms. The second-order valence-corrected chi connectivity index (χ2v) is 6.24. The average molecular weight is 310 g/mol. The number of ketones is 1. The van der Waals surface area contributed by atoms with Crippen molar-refractivity contribution in [1.29, 1.82) is 0 Å². The van der Waals surface area contributed by atoms with Gasteiger partial charge in [0.05, 0.1) is 3.79 Å². The fourth-order valence-corrected chi connectivity index (χ4v) is 2.88. The highest BCUT2D eigenvalue weighted by Crippen LogP contribution is 2.23. The maximum atomic E-state index is 11.1. The van der Waals surface area contributed by atoms with E-state index in [4.69, 9.17) is 0 Å². The van der Waals surface area contributed by atoms with Crippen LogP contribution in [-0.4, -0.2) is 5.78 Å². The van der Waals surface area contributed by atoms with Gasteiger partial charge in [0, 0.05) is 22.7 Å². The summed E-state index contributed by atoms with van der Waals surface area (Å²) in [6.45, 7) is 2.38. The van der Waals surface area contributed by atoms with E-state index in [0.717, 1.165) is 21.6 Å². The second kappa shape index (κ2) is 5.47. The minimum Gasteiger partial charge on any atom is -0.380 e. The molecule has 0 amide bonds. The molecule has 4 heteroatoms. The molecule has 0 saturated heterocycles. The Morgan fingerprint density at radius 1 is 1.24 bits per heavy atom. The van der Waals surface area contributed by atoms with E-state index in [1.807, 2.05) is 30.3 Å². The van der Waals surface area contributed by atoms with E-state index in [1.165, 1.54) is 4.88 Å². The fraction of sp³-hybridized carbons (Fsp3) is 0.154. The topological polar surface area (TPSA) is 29.1 Å². The van der Waals surface area contributed by atoms with Crippen LogP contribution in [0, 0.1) is 0 Å². The van der Waals surface area contributed by atoms with E-state index < -0.39 is 0 Å². The van der Waals surface area contributed by atoms with Gasteiger partial charge in [-0.25, -0.2) is 0 Å². The maximum Gasteiger partial charge on any atom is 0.159 e. The molecule has 2 rings (SSSR count). The van der Waals surface area contributed by atoms with Gasteiger partial charge >= 0.3 is 0 Å². The van der Waals surface area contributed by atoms with E-state index in [0.29, 0.717) is 0 Å². The lowest BCUT2D eigenvalue weighted by molar-refractivity contribution is 0.101. The minimum atomic E-state index is 0.0961. The van der Waals surface area contributed by atoms with Crippen molar-refractivity contribution in [2.45, 2.75) is 13.5 Å². The molecule has 2 nitrogen and oxygen atoms in total. The van der Waals surface area contributed by atoms with Crippen molar-refractivity contribution < 1.29 is 4.79 Å². The molecular formula is C13H12BrNOS. The fourth-order valence-electron chi connectivity index (χ4n) is 1.46. The van der Waals surface area contributed by atoms with Gasteiger partial charge in [0.25, 0.3) is 0 Å². The van der Waals surface area contributed by atoms with E-state index in [2.05, 4.69) is 27.3 Å². The van der Waals surface area contributed by atoms with Crippen molar-refractivity contribution in [3.05, 3.63) is 50.6 Å². The van der Waals surface area contributed by atoms with Crippen LogP contribution in [0.4, 0.5) is 5.69 Å². The van der Waals surface area contributed by atoms with Crippen molar-refractivity contribution in [2.75, 3.05) is 5.32 Å². The third kappa shape index (κ3) is 3.41. The van der Waals surface area contributed by atoms with E-state index in [9.17, 15) is 4.79 Å². The predicted molar refractivity (Wildman–Crippen MR) is 75.8 cm³/mol. The summed E-state index contributed by atoms with van der Waals surface area (Å²) >= 11 is 5.15. The van der Waals surface area contributed by atoms with E-state index >= 15 is 0 Å². The van der Waals surface area contributed by atoms with Gasteiger partial charge in [0.15, 0.2) is 5.78 Å². The number of nitrogens with one attached hydrogen (secondary N) is 1. The van der Waals surface area contributed by atoms with E-state index in [1.54, 1.807) is 18.3 Å². The van der Waals surface area contributed by atoms with Crippen LogP contribution in [-0.2, 0) is 6.54 Å². The lowest BCUT2D eigenvalue weighted by atomic mass is 10.1. The average Bonchev–Trinajstić information content (AvgIpc) is 2.73. The van der Waals surface area contributed by atoms with Crippen molar-refractivity contribution >= 4 is 38.7 Å². The Kier molecular flexibility index (Phi) is 3.97. The molecule has 1 N–H and O–H groups in total. The van der Waals surface area contributed by atoms with Gasteiger partial charge in [-0.1, -0.05) is 0 Å². The zero-order valence-corrected chi connectivity index (χ0v) is 11.8. The highest BCUT2D eigenvalue weighted by molar-refractivity contribution is 9.11. The van der Waals surface area contributed by atoms with E-state index in [-0.39, 0.29) is 5.78 Å². The van der Waals surface area contributed by atoms with Gasteiger partial charge in [-0.05, 0) is 59.3 Å². The molecule has 1 heterocycles. The normalized spacial score (nSPS) is 10.2. The summed E-state index contributed by atoms with van der Waals surface area (Å²) in [6, 6.07) is 11.7. The Labute approximate surface area is 113 Å². The van der Waals surface area contributed by atoms with Gasteiger partial charge in [-0.3, -0.25) is 4.79 Å². The number of rotatable bonds is 4. The monoisotopic (exact) mass is 309 g/mol. The number of carbonyl (C=O) groups is 1. The summed E-state index contributed by atoms with van der Waals surface area (Å²) in [6.07, 6.45) is 0. The zero-order valence-electron chi connectivity index (χ0n) is 9.37. The molecule has 0 aliphatic carbocycles. The van der Waals surface area contributed by atoms with Gasteiger partial charge < -0.3 is 5.32 Å². The number of halogens is 1.